The molecule has 3 aromatic rings. The Kier molecular flexibility index (Phi) is 6.03. The van der Waals surface area contributed by atoms with Crippen molar-refractivity contribution in [3.63, 3.8) is 0 Å². The molecular weight excluding hydrogens is 408 g/mol. The topological polar surface area (TPSA) is 63.2 Å². The van der Waals surface area contributed by atoms with E-state index in [2.05, 4.69) is 0 Å². The molecule has 0 saturated heterocycles. The number of rotatable bonds is 7. The molecule has 0 unspecified atom stereocenters. The molecule has 4 rings (SSSR count). The number of allylic oxidation sites excluding steroid dienone is 1. The summed E-state index contributed by atoms with van der Waals surface area (Å²) < 4.78 is 27.9. The first-order valence-electron chi connectivity index (χ1n) is 10.1. The molecule has 0 amide bonds. The molecule has 0 fully saturated rings. The Morgan fingerprint density at radius 2 is 1.62 bits per heavy atom. The van der Waals surface area contributed by atoms with E-state index in [9.17, 15) is 4.79 Å². The monoisotopic (exact) mass is 432 g/mol. The maximum atomic E-state index is 12.9. The highest BCUT2D eigenvalue weighted by molar-refractivity contribution is 6.15. The van der Waals surface area contributed by atoms with Crippen LogP contribution in [-0.4, -0.2) is 27.1 Å². The highest BCUT2D eigenvalue weighted by Crippen LogP contribution is 2.40. The molecule has 0 aromatic heterocycles. The maximum absolute atomic E-state index is 12.9. The van der Waals surface area contributed by atoms with Gasteiger partial charge < -0.3 is 23.7 Å². The van der Waals surface area contributed by atoms with Gasteiger partial charge in [-0.15, -0.1) is 0 Å². The third kappa shape index (κ3) is 4.12. The quantitative estimate of drug-likeness (QED) is 0.477. The number of fused-ring (bicyclic) bond motifs is 1. The first-order chi connectivity index (χ1) is 15.5. The molecule has 164 valence electrons. The first kappa shape index (κ1) is 21.3. The molecule has 1 heterocycles. The molecule has 1 aliphatic rings. The van der Waals surface area contributed by atoms with Gasteiger partial charge in [0, 0.05) is 11.1 Å². The van der Waals surface area contributed by atoms with Gasteiger partial charge in [0.15, 0.2) is 5.76 Å². The first-order valence-corrected chi connectivity index (χ1v) is 10.1. The van der Waals surface area contributed by atoms with E-state index in [0.717, 1.165) is 16.9 Å². The van der Waals surface area contributed by atoms with Crippen LogP contribution in [0.1, 0.15) is 27.0 Å². The van der Waals surface area contributed by atoms with Crippen LogP contribution in [0.15, 0.2) is 60.4 Å². The summed E-state index contributed by atoms with van der Waals surface area (Å²) in [5.74, 6) is 3.24. The normalized spacial score (nSPS) is 13.5. The van der Waals surface area contributed by atoms with E-state index in [-0.39, 0.29) is 11.5 Å². The Labute approximate surface area is 186 Å². The average molecular weight is 432 g/mol. The summed E-state index contributed by atoms with van der Waals surface area (Å²) >= 11 is 0. The lowest BCUT2D eigenvalue weighted by molar-refractivity contribution is 0.101. The second kappa shape index (κ2) is 9.06. The van der Waals surface area contributed by atoms with Crippen molar-refractivity contribution in [1.82, 2.24) is 0 Å². The zero-order valence-electron chi connectivity index (χ0n) is 18.4. The largest absolute Gasteiger partial charge is 0.497 e. The highest BCUT2D eigenvalue weighted by atomic mass is 16.5. The fourth-order valence-corrected chi connectivity index (χ4v) is 3.54. The van der Waals surface area contributed by atoms with Gasteiger partial charge in [0.2, 0.25) is 5.78 Å². The summed E-state index contributed by atoms with van der Waals surface area (Å²) in [4.78, 5) is 12.9. The minimum atomic E-state index is -0.188. The number of carbonyl (C=O) groups is 1. The van der Waals surface area contributed by atoms with Crippen LogP contribution in [-0.2, 0) is 6.61 Å². The summed E-state index contributed by atoms with van der Waals surface area (Å²) in [6.07, 6.45) is 1.67. The smallest absolute Gasteiger partial charge is 0.231 e. The van der Waals surface area contributed by atoms with Crippen molar-refractivity contribution >= 4 is 11.9 Å². The Bertz CT molecular complexity index is 1190. The second-order valence-corrected chi connectivity index (χ2v) is 7.25. The molecular formula is C26H24O6. The van der Waals surface area contributed by atoms with Crippen LogP contribution in [0.2, 0.25) is 0 Å². The molecule has 6 heteroatoms. The summed E-state index contributed by atoms with van der Waals surface area (Å²) in [6.45, 7) is 2.25. The van der Waals surface area contributed by atoms with Crippen molar-refractivity contribution in [3.8, 4) is 28.7 Å². The van der Waals surface area contributed by atoms with Crippen molar-refractivity contribution in [2.45, 2.75) is 13.5 Å². The Balaban J connectivity index is 1.59. The van der Waals surface area contributed by atoms with E-state index >= 15 is 0 Å². The van der Waals surface area contributed by atoms with Crippen LogP contribution in [0.4, 0.5) is 0 Å². The van der Waals surface area contributed by atoms with Gasteiger partial charge in [-0.25, -0.2) is 0 Å². The predicted octanol–water partition coefficient (Wildman–Crippen LogP) is 5.22. The zero-order chi connectivity index (χ0) is 22.7. The molecule has 0 atom stereocenters. The van der Waals surface area contributed by atoms with E-state index in [0.29, 0.717) is 40.7 Å². The molecule has 6 nitrogen and oxygen atoms in total. The molecule has 1 aliphatic heterocycles. The number of ketones is 1. The van der Waals surface area contributed by atoms with Crippen LogP contribution in [0.5, 0.6) is 28.7 Å². The molecule has 0 spiro atoms. The standard InChI is InChI=1S/C26H24O6/c1-16-22(31-15-17-6-5-7-19(12-17)28-2)11-9-21-25(27)24(32-26(16)21)14-18-13-20(29-3)8-10-23(18)30-4/h5-14H,15H2,1-4H3/b24-14-. The number of Topliss-reactive ketones (excluding diaryl/α,β-unsaturated/α-hetero) is 1. The fraction of sp³-hybridized carbons (Fsp3) is 0.192. The molecule has 0 N–H and O–H groups in total. The number of methoxy groups -OCH3 is 3. The molecule has 0 aliphatic carbocycles. The van der Waals surface area contributed by atoms with Gasteiger partial charge in [0.25, 0.3) is 0 Å². The minimum Gasteiger partial charge on any atom is -0.497 e. The van der Waals surface area contributed by atoms with Gasteiger partial charge in [-0.2, -0.15) is 0 Å². The van der Waals surface area contributed by atoms with Gasteiger partial charge in [-0.05, 0) is 61.0 Å². The summed E-state index contributed by atoms with van der Waals surface area (Å²) in [6, 6.07) is 16.6. The lowest BCUT2D eigenvalue weighted by Crippen LogP contribution is -1.99. The summed E-state index contributed by atoms with van der Waals surface area (Å²) in [5.41, 5.74) is 2.94. The van der Waals surface area contributed by atoms with Crippen molar-refractivity contribution in [2.75, 3.05) is 21.3 Å². The molecule has 32 heavy (non-hydrogen) atoms. The zero-order valence-corrected chi connectivity index (χ0v) is 18.4. The second-order valence-electron chi connectivity index (χ2n) is 7.25. The number of hydrogen-bond donors (Lipinski definition) is 0. The Hall–Kier alpha value is -3.93. The minimum absolute atomic E-state index is 0.188. The van der Waals surface area contributed by atoms with Crippen LogP contribution in [0.3, 0.4) is 0 Å². The number of ether oxygens (including phenoxy) is 5. The Morgan fingerprint density at radius 1 is 0.875 bits per heavy atom. The van der Waals surface area contributed by atoms with E-state index in [1.807, 2.05) is 31.2 Å². The van der Waals surface area contributed by atoms with E-state index in [4.69, 9.17) is 23.7 Å². The Morgan fingerprint density at radius 3 is 2.38 bits per heavy atom. The third-order valence-corrected chi connectivity index (χ3v) is 5.29. The van der Waals surface area contributed by atoms with Crippen LogP contribution < -0.4 is 23.7 Å². The van der Waals surface area contributed by atoms with E-state index < -0.39 is 0 Å². The van der Waals surface area contributed by atoms with Crippen LogP contribution in [0, 0.1) is 6.92 Å². The number of carbonyl (C=O) groups excluding carboxylic acids is 1. The van der Waals surface area contributed by atoms with Crippen LogP contribution >= 0.6 is 0 Å². The highest BCUT2D eigenvalue weighted by Gasteiger charge is 2.30. The van der Waals surface area contributed by atoms with Crippen LogP contribution in [0.25, 0.3) is 6.08 Å². The van der Waals surface area contributed by atoms with E-state index in [1.165, 1.54) is 0 Å². The predicted molar refractivity (Wildman–Crippen MR) is 121 cm³/mol. The van der Waals surface area contributed by atoms with Gasteiger partial charge in [0.05, 0.1) is 26.9 Å². The van der Waals surface area contributed by atoms with Gasteiger partial charge in [0.1, 0.15) is 35.4 Å². The van der Waals surface area contributed by atoms with Gasteiger partial charge in [-0.1, -0.05) is 12.1 Å². The van der Waals surface area contributed by atoms with Crippen molar-refractivity contribution in [3.05, 3.63) is 82.6 Å². The van der Waals surface area contributed by atoms with Gasteiger partial charge >= 0.3 is 0 Å². The number of benzene rings is 3. The lowest BCUT2D eigenvalue weighted by Gasteiger charge is -2.12. The van der Waals surface area contributed by atoms with Crippen molar-refractivity contribution < 1.29 is 28.5 Å². The summed E-state index contributed by atoms with van der Waals surface area (Å²) in [7, 11) is 4.79. The number of hydrogen-bond acceptors (Lipinski definition) is 6. The SMILES string of the molecule is COc1cccc(COc2ccc3c(c2C)O/C(=C\c2cc(OC)ccc2OC)C3=O)c1. The summed E-state index contributed by atoms with van der Waals surface area (Å²) in [5, 5.41) is 0. The molecule has 0 bridgehead atoms. The lowest BCUT2D eigenvalue weighted by atomic mass is 10.1. The van der Waals surface area contributed by atoms with Crippen molar-refractivity contribution in [2.24, 2.45) is 0 Å². The third-order valence-electron chi connectivity index (χ3n) is 5.29. The molecule has 3 aromatic carbocycles. The van der Waals surface area contributed by atoms with Crippen molar-refractivity contribution in [1.29, 1.82) is 0 Å². The molecule has 0 saturated carbocycles. The van der Waals surface area contributed by atoms with Gasteiger partial charge in [-0.3, -0.25) is 4.79 Å². The maximum Gasteiger partial charge on any atom is 0.231 e. The average Bonchev–Trinajstić information content (AvgIpc) is 3.14. The molecule has 0 radical (unpaired) electrons. The fourth-order valence-electron chi connectivity index (χ4n) is 3.54. The van der Waals surface area contributed by atoms with E-state index in [1.54, 1.807) is 57.7 Å².